The molecule has 0 aliphatic carbocycles. The smallest absolute Gasteiger partial charge is 0.415 e. The van der Waals surface area contributed by atoms with Crippen molar-refractivity contribution < 1.29 is 29.0 Å². The Bertz CT molecular complexity index is 2610. The standard InChI is InChI=1S/C49H49N5O6/c1-32-43(47(56)51(3)39-13-15-41(55)16-14-39)28-46(50(32)2)44-26-36-18-19-53(49(58)60-42-17-12-33-8-4-5-10-35(33)25-42)29-38(36)27-45(44)48(57)54-30-37-11-7-6-9-34(37)24-40(54)31-52-20-22-59-23-21-52/h4-17,25-28,40,55H,18-24,29-31H2,1-3H3/t40-/m0/s1. The zero-order valence-electron chi connectivity index (χ0n) is 34.3. The van der Waals surface area contributed by atoms with Gasteiger partial charge < -0.3 is 33.8 Å². The SMILES string of the molecule is Cc1c(C(=O)N(C)c2ccc(O)cc2)cc(-c2cc3c(cc2C(=O)N2Cc4ccccc4C[C@H]2CN2CCOCC2)CN(C(=O)Oc2ccc4ccccc4c2)CC3)n1C. The molecule has 1 fully saturated rings. The average molecular weight is 804 g/mol. The summed E-state index contributed by atoms with van der Waals surface area (Å²) in [7, 11) is 3.65. The molecular weight excluding hydrogens is 755 g/mol. The molecule has 0 unspecified atom stereocenters. The van der Waals surface area contributed by atoms with Crippen LogP contribution in [0.1, 0.15) is 48.7 Å². The van der Waals surface area contributed by atoms with Crippen LogP contribution in [0.5, 0.6) is 11.5 Å². The van der Waals surface area contributed by atoms with Crippen molar-refractivity contribution >= 4 is 34.4 Å². The lowest BCUT2D eigenvalue weighted by Gasteiger charge is -2.41. The van der Waals surface area contributed by atoms with Crippen LogP contribution < -0.4 is 9.64 Å². The van der Waals surface area contributed by atoms with Crippen LogP contribution >= 0.6 is 0 Å². The summed E-state index contributed by atoms with van der Waals surface area (Å²) < 4.78 is 13.6. The highest BCUT2D eigenvalue weighted by atomic mass is 16.6. The number of fused-ring (bicyclic) bond motifs is 3. The quantitative estimate of drug-likeness (QED) is 0.177. The molecule has 3 amide bonds. The number of benzene rings is 5. The van der Waals surface area contributed by atoms with E-state index < -0.39 is 6.09 Å². The molecule has 306 valence electrons. The van der Waals surface area contributed by atoms with Crippen LogP contribution in [0.15, 0.2) is 109 Å². The van der Waals surface area contributed by atoms with E-state index in [2.05, 4.69) is 29.2 Å². The highest BCUT2D eigenvalue weighted by Crippen LogP contribution is 2.36. The van der Waals surface area contributed by atoms with Crippen molar-refractivity contribution in [3.05, 3.63) is 148 Å². The summed E-state index contributed by atoms with van der Waals surface area (Å²) in [6, 6.07) is 34.4. The second kappa shape index (κ2) is 16.3. The van der Waals surface area contributed by atoms with Crippen molar-refractivity contribution in [3.8, 4) is 22.8 Å². The molecule has 6 aromatic rings. The van der Waals surface area contributed by atoms with Crippen molar-refractivity contribution in [1.29, 1.82) is 0 Å². The highest BCUT2D eigenvalue weighted by molar-refractivity contribution is 6.08. The van der Waals surface area contributed by atoms with Crippen molar-refractivity contribution in [1.82, 2.24) is 19.3 Å². The van der Waals surface area contributed by atoms with Gasteiger partial charge in [-0.2, -0.15) is 0 Å². The van der Waals surface area contributed by atoms with Gasteiger partial charge in [0.05, 0.1) is 18.8 Å². The zero-order chi connectivity index (χ0) is 41.5. The van der Waals surface area contributed by atoms with Gasteiger partial charge in [0, 0.05) is 87.6 Å². The maximum atomic E-state index is 15.4. The lowest BCUT2D eigenvalue weighted by atomic mass is 9.89. The Morgan fingerprint density at radius 2 is 1.52 bits per heavy atom. The Labute approximate surface area is 349 Å². The number of nitrogens with zero attached hydrogens (tertiary/aromatic N) is 5. The second-order valence-corrected chi connectivity index (χ2v) is 16.2. The number of rotatable bonds is 7. The molecule has 11 heteroatoms. The molecule has 0 bridgehead atoms. The van der Waals surface area contributed by atoms with E-state index >= 15 is 4.79 Å². The summed E-state index contributed by atoms with van der Waals surface area (Å²) in [6.45, 7) is 6.81. The molecule has 0 saturated carbocycles. The van der Waals surface area contributed by atoms with E-state index in [1.807, 2.05) is 84.1 Å². The molecule has 3 aliphatic heterocycles. The van der Waals surface area contributed by atoms with Crippen LogP contribution in [0.4, 0.5) is 10.5 Å². The zero-order valence-corrected chi connectivity index (χ0v) is 34.3. The van der Waals surface area contributed by atoms with Gasteiger partial charge in [0.1, 0.15) is 11.5 Å². The largest absolute Gasteiger partial charge is 0.508 e. The van der Waals surface area contributed by atoms with Crippen LogP contribution in [-0.2, 0) is 37.7 Å². The molecule has 3 aliphatic rings. The number of hydrogen-bond donors (Lipinski definition) is 1. The van der Waals surface area contributed by atoms with Crippen molar-refractivity contribution in [2.75, 3.05) is 51.3 Å². The monoisotopic (exact) mass is 803 g/mol. The third-order valence-corrected chi connectivity index (χ3v) is 12.5. The molecule has 0 radical (unpaired) electrons. The van der Waals surface area contributed by atoms with Gasteiger partial charge in [-0.25, -0.2) is 4.79 Å². The van der Waals surface area contributed by atoms with Gasteiger partial charge in [-0.05, 0) is 107 Å². The first-order chi connectivity index (χ1) is 29.1. The van der Waals surface area contributed by atoms with Crippen molar-refractivity contribution in [2.45, 2.75) is 38.9 Å². The Kier molecular flexibility index (Phi) is 10.6. The first-order valence-electron chi connectivity index (χ1n) is 20.6. The molecule has 1 atom stereocenters. The number of ether oxygens (including phenoxy) is 2. The summed E-state index contributed by atoms with van der Waals surface area (Å²) in [5.41, 5.74) is 8.25. The first kappa shape index (κ1) is 39.1. The molecule has 1 N–H and O–H groups in total. The minimum absolute atomic E-state index is 0.0749. The minimum Gasteiger partial charge on any atom is -0.508 e. The van der Waals surface area contributed by atoms with E-state index in [0.29, 0.717) is 55.3 Å². The number of anilines is 1. The lowest BCUT2D eigenvalue weighted by Crippen LogP contribution is -2.52. The summed E-state index contributed by atoms with van der Waals surface area (Å²) in [5, 5.41) is 11.9. The molecule has 9 rings (SSSR count). The summed E-state index contributed by atoms with van der Waals surface area (Å²) in [6.07, 6.45) is 0.864. The van der Waals surface area contributed by atoms with Crippen LogP contribution in [0.3, 0.4) is 0 Å². The van der Waals surface area contributed by atoms with Crippen LogP contribution in [-0.4, -0.2) is 94.8 Å². The maximum absolute atomic E-state index is 15.4. The summed E-state index contributed by atoms with van der Waals surface area (Å²) in [5.74, 6) is 0.304. The molecule has 4 heterocycles. The number of aromatic nitrogens is 1. The fourth-order valence-corrected chi connectivity index (χ4v) is 8.92. The Morgan fingerprint density at radius 1 is 0.783 bits per heavy atom. The molecule has 60 heavy (non-hydrogen) atoms. The van der Waals surface area contributed by atoms with E-state index in [1.165, 1.54) is 5.56 Å². The first-order valence-corrected chi connectivity index (χ1v) is 20.6. The van der Waals surface area contributed by atoms with Gasteiger partial charge in [-0.3, -0.25) is 14.5 Å². The number of amides is 3. The predicted molar refractivity (Wildman–Crippen MR) is 232 cm³/mol. The normalized spacial score (nSPS) is 16.6. The van der Waals surface area contributed by atoms with Gasteiger partial charge >= 0.3 is 6.09 Å². The summed E-state index contributed by atoms with van der Waals surface area (Å²) in [4.78, 5) is 50.9. The number of phenolic OH excluding ortho intramolecular Hbond substituents is 1. The van der Waals surface area contributed by atoms with E-state index in [0.717, 1.165) is 70.5 Å². The molecule has 1 aromatic heterocycles. The molecule has 1 saturated heterocycles. The van der Waals surface area contributed by atoms with Crippen LogP contribution in [0.2, 0.25) is 0 Å². The van der Waals surface area contributed by atoms with E-state index in [9.17, 15) is 14.7 Å². The maximum Gasteiger partial charge on any atom is 0.415 e. The Balaban J connectivity index is 1.09. The number of carbonyl (C=O) groups excluding carboxylic acids is 3. The van der Waals surface area contributed by atoms with Crippen molar-refractivity contribution in [2.24, 2.45) is 7.05 Å². The minimum atomic E-state index is -0.440. The number of morpholine rings is 1. The Hall–Kier alpha value is -6.43. The third-order valence-electron chi connectivity index (χ3n) is 12.5. The van der Waals surface area contributed by atoms with Gasteiger partial charge in [0.15, 0.2) is 0 Å². The predicted octanol–water partition coefficient (Wildman–Crippen LogP) is 7.59. The van der Waals surface area contributed by atoms with Gasteiger partial charge in [0.2, 0.25) is 0 Å². The molecule has 0 spiro atoms. The fourth-order valence-electron chi connectivity index (χ4n) is 8.92. The Morgan fingerprint density at radius 3 is 2.30 bits per heavy atom. The van der Waals surface area contributed by atoms with Crippen LogP contribution in [0, 0.1) is 6.92 Å². The molecular formula is C49H49N5O6. The fraction of sp³-hybridized carbons (Fsp3) is 0.286. The molecule has 5 aromatic carbocycles. The van der Waals surface area contributed by atoms with E-state index in [4.69, 9.17) is 9.47 Å². The van der Waals surface area contributed by atoms with Gasteiger partial charge in [-0.15, -0.1) is 0 Å². The summed E-state index contributed by atoms with van der Waals surface area (Å²) >= 11 is 0. The van der Waals surface area contributed by atoms with Crippen molar-refractivity contribution in [3.63, 3.8) is 0 Å². The average Bonchev–Trinajstić information content (AvgIpc) is 3.57. The van der Waals surface area contributed by atoms with E-state index in [-0.39, 0.29) is 30.2 Å². The number of phenols is 1. The van der Waals surface area contributed by atoms with Gasteiger partial charge in [0.25, 0.3) is 11.8 Å². The highest BCUT2D eigenvalue weighted by Gasteiger charge is 2.35. The third kappa shape index (κ3) is 7.62. The number of carbonyl (C=O) groups is 3. The van der Waals surface area contributed by atoms with Gasteiger partial charge in [-0.1, -0.05) is 54.6 Å². The number of hydrogen-bond acceptors (Lipinski definition) is 7. The second-order valence-electron chi connectivity index (χ2n) is 16.2. The molecule has 11 nitrogen and oxygen atoms in total. The topological polar surface area (TPSA) is 108 Å². The van der Waals surface area contributed by atoms with E-state index in [1.54, 1.807) is 41.1 Å². The number of aromatic hydroxyl groups is 1. The lowest BCUT2D eigenvalue weighted by molar-refractivity contribution is 0.0193. The van der Waals surface area contributed by atoms with Crippen LogP contribution in [0.25, 0.3) is 22.0 Å².